The Balaban J connectivity index is 1.49. The molecule has 5 nitrogen and oxygen atoms in total. The maximum atomic E-state index is 4.81. The van der Waals surface area contributed by atoms with Crippen LogP contribution in [0.4, 0.5) is 0 Å². The van der Waals surface area contributed by atoms with E-state index in [2.05, 4.69) is 77.7 Å². The molecule has 0 saturated carbocycles. The summed E-state index contributed by atoms with van der Waals surface area (Å²) < 4.78 is 0. The number of guanidine groups is 1. The average Bonchev–Trinajstić information content (AvgIpc) is 2.76. The molecule has 0 bridgehead atoms. The fourth-order valence-electron chi connectivity index (χ4n) is 3.96. The molecule has 1 fully saturated rings. The number of piperidine rings is 1. The van der Waals surface area contributed by atoms with Crippen molar-refractivity contribution in [3.05, 3.63) is 65.5 Å². The molecule has 1 aliphatic heterocycles. The normalized spacial score (nSPS) is 17.1. The Labute approximate surface area is 175 Å². The Morgan fingerprint density at radius 3 is 2.66 bits per heavy atom. The standard InChI is InChI=1S/C24H35N5/c1-4-26-24(27-15-11-21-10-14-25-18-19(21)2)28-23-12-16-29(17-13-23)20(3)22-8-6-5-7-9-22/h5-10,14,18,20,23H,4,11-13,15-17H2,1-3H3,(H2,26,27,28). The molecule has 0 spiro atoms. The third kappa shape index (κ3) is 6.29. The molecule has 2 aromatic rings. The van der Waals surface area contributed by atoms with Crippen LogP contribution < -0.4 is 10.6 Å². The van der Waals surface area contributed by atoms with Gasteiger partial charge in [0.05, 0.1) is 0 Å². The minimum Gasteiger partial charge on any atom is -0.357 e. The zero-order chi connectivity index (χ0) is 20.5. The highest BCUT2D eigenvalue weighted by molar-refractivity contribution is 5.80. The number of aromatic nitrogens is 1. The summed E-state index contributed by atoms with van der Waals surface area (Å²) in [5.74, 6) is 0.939. The molecular formula is C24H35N5. The van der Waals surface area contributed by atoms with Crippen molar-refractivity contribution in [2.45, 2.75) is 52.1 Å². The largest absolute Gasteiger partial charge is 0.357 e. The van der Waals surface area contributed by atoms with Gasteiger partial charge in [0.25, 0.3) is 0 Å². The number of benzene rings is 1. The van der Waals surface area contributed by atoms with Gasteiger partial charge in [-0.2, -0.15) is 0 Å². The number of nitrogens with zero attached hydrogens (tertiary/aromatic N) is 3. The highest BCUT2D eigenvalue weighted by Gasteiger charge is 2.23. The molecule has 5 heteroatoms. The van der Waals surface area contributed by atoms with E-state index >= 15 is 0 Å². The third-order valence-electron chi connectivity index (χ3n) is 5.83. The summed E-state index contributed by atoms with van der Waals surface area (Å²) in [6.07, 6.45) is 7.01. The van der Waals surface area contributed by atoms with Gasteiger partial charge in [-0.1, -0.05) is 30.3 Å². The van der Waals surface area contributed by atoms with Gasteiger partial charge in [0.1, 0.15) is 0 Å². The van der Waals surface area contributed by atoms with E-state index in [-0.39, 0.29) is 0 Å². The lowest BCUT2D eigenvalue weighted by Gasteiger charge is -2.37. The smallest absolute Gasteiger partial charge is 0.191 e. The van der Waals surface area contributed by atoms with Gasteiger partial charge in [-0.25, -0.2) is 0 Å². The monoisotopic (exact) mass is 393 g/mol. The Kier molecular flexibility index (Phi) is 8.05. The Morgan fingerprint density at radius 1 is 1.21 bits per heavy atom. The van der Waals surface area contributed by atoms with Crippen LogP contribution in [-0.4, -0.2) is 48.1 Å². The van der Waals surface area contributed by atoms with E-state index < -0.39 is 0 Å². The highest BCUT2D eigenvalue weighted by atomic mass is 15.2. The minimum atomic E-state index is 0.475. The van der Waals surface area contributed by atoms with Gasteiger partial charge in [-0.15, -0.1) is 0 Å². The number of pyridine rings is 1. The van der Waals surface area contributed by atoms with E-state index in [0.717, 1.165) is 51.4 Å². The van der Waals surface area contributed by atoms with Crippen LogP contribution in [0.3, 0.4) is 0 Å². The van der Waals surface area contributed by atoms with Crippen LogP contribution in [0.5, 0.6) is 0 Å². The van der Waals surface area contributed by atoms with E-state index in [0.29, 0.717) is 12.1 Å². The van der Waals surface area contributed by atoms with Crippen LogP contribution in [0, 0.1) is 6.92 Å². The molecule has 1 aliphatic rings. The predicted molar refractivity (Wildman–Crippen MR) is 121 cm³/mol. The van der Waals surface area contributed by atoms with Gasteiger partial charge in [0, 0.05) is 50.7 Å². The Morgan fingerprint density at radius 2 is 1.97 bits per heavy atom. The molecule has 29 heavy (non-hydrogen) atoms. The lowest BCUT2D eigenvalue weighted by molar-refractivity contribution is 0.158. The van der Waals surface area contributed by atoms with Crippen molar-refractivity contribution >= 4 is 5.96 Å². The molecule has 0 amide bonds. The van der Waals surface area contributed by atoms with Gasteiger partial charge in [-0.05, 0) is 62.8 Å². The molecule has 0 radical (unpaired) electrons. The molecular weight excluding hydrogens is 358 g/mol. The first-order chi connectivity index (χ1) is 14.2. The molecule has 2 heterocycles. The van der Waals surface area contributed by atoms with Gasteiger partial charge in [0.15, 0.2) is 5.96 Å². The number of nitrogens with one attached hydrogen (secondary N) is 2. The van der Waals surface area contributed by atoms with Crippen molar-refractivity contribution in [1.82, 2.24) is 20.5 Å². The summed E-state index contributed by atoms with van der Waals surface area (Å²) in [6, 6.07) is 13.9. The van der Waals surface area contributed by atoms with E-state index in [1.165, 1.54) is 16.7 Å². The van der Waals surface area contributed by atoms with Gasteiger partial charge < -0.3 is 10.6 Å². The predicted octanol–water partition coefficient (Wildman–Crippen LogP) is 3.71. The second kappa shape index (κ2) is 11.0. The van der Waals surface area contributed by atoms with Crippen LogP contribution in [0.2, 0.25) is 0 Å². The summed E-state index contributed by atoms with van der Waals surface area (Å²) in [4.78, 5) is 11.6. The number of hydrogen-bond acceptors (Lipinski definition) is 3. The van der Waals surface area contributed by atoms with Crippen LogP contribution in [0.15, 0.2) is 53.8 Å². The van der Waals surface area contributed by atoms with Crippen molar-refractivity contribution < 1.29 is 0 Å². The number of aliphatic imine (C=N–C) groups is 1. The fourth-order valence-corrected chi connectivity index (χ4v) is 3.96. The summed E-state index contributed by atoms with van der Waals surface area (Å²) in [5.41, 5.74) is 3.96. The first kappa shape index (κ1) is 21.3. The Bertz CT molecular complexity index is 766. The zero-order valence-corrected chi connectivity index (χ0v) is 18.1. The van der Waals surface area contributed by atoms with Crippen LogP contribution in [-0.2, 0) is 6.42 Å². The topological polar surface area (TPSA) is 52.6 Å². The van der Waals surface area contributed by atoms with Crippen LogP contribution in [0.1, 0.15) is 49.4 Å². The van der Waals surface area contributed by atoms with E-state index in [1.54, 1.807) is 0 Å². The summed E-state index contributed by atoms with van der Waals surface area (Å²) in [7, 11) is 0. The summed E-state index contributed by atoms with van der Waals surface area (Å²) in [5, 5.41) is 7.06. The molecule has 1 saturated heterocycles. The first-order valence-electron chi connectivity index (χ1n) is 10.9. The minimum absolute atomic E-state index is 0.475. The van der Waals surface area contributed by atoms with Crippen molar-refractivity contribution in [2.75, 3.05) is 26.2 Å². The van der Waals surface area contributed by atoms with E-state index in [4.69, 9.17) is 4.99 Å². The third-order valence-corrected chi connectivity index (χ3v) is 5.83. The second-order valence-corrected chi connectivity index (χ2v) is 7.85. The van der Waals surface area contributed by atoms with Crippen LogP contribution >= 0.6 is 0 Å². The molecule has 1 atom stereocenters. The maximum absolute atomic E-state index is 4.81. The molecule has 1 unspecified atom stereocenters. The van der Waals surface area contributed by atoms with E-state index in [1.807, 2.05) is 12.4 Å². The summed E-state index contributed by atoms with van der Waals surface area (Å²) in [6.45, 7) is 10.4. The lowest BCUT2D eigenvalue weighted by atomic mass is 10.0. The average molecular weight is 394 g/mol. The molecule has 1 aromatic heterocycles. The molecule has 2 N–H and O–H groups in total. The molecule has 3 rings (SSSR count). The van der Waals surface area contributed by atoms with Crippen molar-refractivity contribution in [3.63, 3.8) is 0 Å². The maximum Gasteiger partial charge on any atom is 0.191 e. The van der Waals surface area contributed by atoms with Gasteiger partial charge >= 0.3 is 0 Å². The first-order valence-corrected chi connectivity index (χ1v) is 10.9. The second-order valence-electron chi connectivity index (χ2n) is 7.85. The van der Waals surface area contributed by atoms with Crippen molar-refractivity contribution in [1.29, 1.82) is 0 Å². The van der Waals surface area contributed by atoms with Gasteiger partial charge in [-0.3, -0.25) is 14.9 Å². The summed E-state index contributed by atoms with van der Waals surface area (Å²) >= 11 is 0. The fraction of sp³-hybridized carbons (Fsp3) is 0.500. The van der Waals surface area contributed by atoms with Crippen molar-refractivity contribution in [3.8, 4) is 0 Å². The highest BCUT2D eigenvalue weighted by Crippen LogP contribution is 2.23. The van der Waals surface area contributed by atoms with Crippen molar-refractivity contribution in [2.24, 2.45) is 4.99 Å². The lowest BCUT2D eigenvalue weighted by Crippen LogP contribution is -2.49. The van der Waals surface area contributed by atoms with E-state index in [9.17, 15) is 0 Å². The quantitative estimate of drug-likeness (QED) is 0.556. The number of aryl methyl sites for hydroxylation is 1. The number of likely N-dealkylation sites (tertiary alicyclic amines) is 1. The Hall–Kier alpha value is -2.40. The number of rotatable bonds is 7. The number of hydrogen-bond donors (Lipinski definition) is 2. The zero-order valence-electron chi connectivity index (χ0n) is 18.1. The SMILES string of the molecule is CCNC(=NCCc1ccncc1C)NC1CCN(C(C)c2ccccc2)CC1. The van der Waals surface area contributed by atoms with Gasteiger partial charge in [0.2, 0.25) is 0 Å². The molecule has 156 valence electrons. The molecule has 0 aliphatic carbocycles. The van der Waals surface area contributed by atoms with Crippen LogP contribution in [0.25, 0.3) is 0 Å². The molecule has 1 aromatic carbocycles.